The molecular weight excluding hydrogens is 455 g/mol. The van der Waals surface area contributed by atoms with Gasteiger partial charge in [-0.3, -0.25) is 4.79 Å². The maximum Gasteiger partial charge on any atom is 0.416 e. The lowest BCUT2D eigenvalue weighted by Crippen LogP contribution is -2.47. The molecule has 1 fully saturated rings. The molecule has 35 heavy (non-hydrogen) atoms. The molecule has 0 bridgehead atoms. The zero-order chi connectivity index (χ0) is 25.6. The third-order valence-electron chi connectivity index (χ3n) is 6.50. The molecule has 0 spiro atoms. The number of methoxy groups -OCH3 is 1. The first kappa shape index (κ1) is 27.1. The van der Waals surface area contributed by atoms with Crippen molar-refractivity contribution in [1.82, 2.24) is 4.90 Å². The summed E-state index contributed by atoms with van der Waals surface area (Å²) in [6.45, 7) is 8.35. The molecule has 0 aromatic heterocycles. The van der Waals surface area contributed by atoms with Crippen LogP contribution in [0.25, 0.3) is 0 Å². The Labute approximate surface area is 206 Å². The maximum atomic E-state index is 13.4. The van der Waals surface area contributed by atoms with Crippen molar-refractivity contribution < 1.29 is 27.4 Å². The van der Waals surface area contributed by atoms with Crippen LogP contribution in [0.4, 0.5) is 13.2 Å². The van der Waals surface area contributed by atoms with Gasteiger partial charge in [0.05, 0.1) is 24.7 Å². The number of rotatable bonds is 9. The Hall–Kier alpha value is -2.54. The number of piperidine rings is 1. The zero-order valence-corrected chi connectivity index (χ0v) is 21.0. The number of alkyl halides is 3. The minimum atomic E-state index is -4.37. The van der Waals surface area contributed by atoms with Gasteiger partial charge in [-0.15, -0.1) is 0 Å². The quantitative estimate of drug-likeness (QED) is 0.419. The molecule has 0 saturated carbocycles. The summed E-state index contributed by atoms with van der Waals surface area (Å²) >= 11 is 0. The molecule has 1 saturated heterocycles. The van der Waals surface area contributed by atoms with Crippen molar-refractivity contribution >= 4 is 5.91 Å². The highest BCUT2D eigenvalue weighted by Crippen LogP contribution is 2.31. The Balaban J connectivity index is 1.63. The van der Waals surface area contributed by atoms with E-state index in [9.17, 15) is 18.0 Å². The molecule has 4 nitrogen and oxygen atoms in total. The van der Waals surface area contributed by atoms with Gasteiger partial charge in [0, 0.05) is 32.0 Å². The van der Waals surface area contributed by atoms with Crippen molar-refractivity contribution in [2.45, 2.75) is 45.7 Å². The molecule has 0 aliphatic carbocycles. The molecule has 2 aromatic carbocycles. The summed E-state index contributed by atoms with van der Waals surface area (Å²) in [6.07, 6.45) is -2.54. The van der Waals surface area contributed by atoms with Gasteiger partial charge >= 0.3 is 6.18 Å². The molecule has 1 heterocycles. The average Bonchev–Trinajstić information content (AvgIpc) is 2.82. The van der Waals surface area contributed by atoms with E-state index in [4.69, 9.17) is 9.47 Å². The monoisotopic (exact) mass is 491 g/mol. The SMILES string of the molecule is COCC1CC(COc2ccc(C(F)(F)F)cc2)CN(C(=O)[C@@H](C)c2ccc(CC(C)C)cc2)C1. The first-order valence-corrected chi connectivity index (χ1v) is 12.2. The molecular formula is C28H36F3NO3. The average molecular weight is 492 g/mol. The summed E-state index contributed by atoms with van der Waals surface area (Å²) in [7, 11) is 1.65. The van der Waals surface area contributed by atoms with E-state index in [1.54, 1.807) is 7.11 Å². The van der Waals surface area contributed by atoms with E-state index in [2.05, 4.69) is 26.0 Å². The van der Waals surface area contributed by atoms with E-state index in [0.717, 1.165) is 30.5 Å². The Morgan fingerprint density at radius 1 is 0.971 bits per heavy atom. The minimum Gasteiger partial charge on any atom is -0.493 e. The van der Waals surface area contributed by atoms with E-state index in [0.29, 0.717) is 38.0 Å². The first-order valence-electron chi connectivity index (χ1n) is 12.2. The number of benzene rings is 2. The fourth-order valence-corrected chi connectivity index (χ4v) is 4.76. The van der Waals surface area contributed by atoms with E-state index >= 15 is 0 Å². The highest BCUT2D eigenvalue weighted by atomic mass is 19.4. The predicted molar refractivity (Wildman–Crippen MR) is 130 cm³/mol. The summed E-state index contributed by atoms with van der Waals surface area (Å²) in [5, 5.41) is 0. The molecule has 1 amide bonds. The number of halogens is 3. The van der Waals surface area contributed by atoms with E-state index in [1.165, 1.54) is 17.7 Å². The molecule has 7 heteroatoms. The topological polar surface area (TPSA) is 38.8 Å². The van der Waals surface area contributed by atoms with Gasteiger partial charge in [0.25, 0.3) is 0 Å². The van der Waals surface area contributed by atoms with Crippen LogP contribution in [0.5, 0.6) is 5.75 Å². The summed E-state index contributed by atoms with van der Waals surface area (Å²) in [5.74, 6) is 1.02. The van der Waals surface area contributed by atoms with Crippen LogP contribution in [0.15, 0.2) is 48.5 Å². The molecule has 1 aliphatic rings. The first-order chi connectivity index (χ1) is 16.6. The second-order valence-corrected chi connectivity index (χ2v) is 10.1. The summed E-state index contributed by atoms with van der Waals surface area (Å²) in [4.78, 5) is 15.3. The Morgan fingerprint density at radius 2 is 1.57 bits per heavy atom. The van der Waals surface area contributed by atoms with Crippen LogP contribution in [0.3, 0.4) is 0 Å². The second kappa shape index (κ2) is 11.9. The number of hydrogen-bond acceptors (Lipinski definition) is 3. The van der Waals surface area contributed by atoms with Crippen molar-refractivity contribution in [1.29, 1.82) is 0 Å². The molecule has 2 aromatic rings. The van der Waals surface area contributed by atoms with E-state index < -0.39 is 11.7 Å². The van der Waals surface area contributed by atoms with Crippen LogP contribution in [0.2, 0.25) is 0 Å². The van der Waals surface area contributed by atoms with Crippen molar-refractivity contribution in [3.8, 4) is 5.75 Å². The number of carbonyl (C=O) groups is 1. The molecule has 3 rings (SSSR count). The van der Waals surface area contributed by atoms with Gasteiger partial charge in [-0.25, -0.2) is 0 Å². The van der Waals surface area contributed by atoms with Crippen LogP contribution < -0.4 is 4.74 Å². The standard InChI is InChI=1S/C28H36F3NO3/c1-19(2)13-21-5-7-24(8-6-21)20(3)27(33)32-15-22(17-34-4)14-23(16-32)18-35-26-11-9-25(10-12-26)28(29,30)31/h5-12,19-20,22-23H,13-18H2,1-4H3/t20-,22?,23?/m0/s1. The fraction of sp³-hybridized carbons (Fsp3) is 0.536. The normalized spacial score (nSPS) is 19.6. The smallest absolute Gasteiger partial charge is 0.416 e. The van der Waals surface area contributed by atoms with Gasteiger partial charge in [0.1, 0.15) is 5.75 Å². The lowest BCUT2D eigenvalue weighted by atomic mass is 9.88. The number of carbonyl (C=O) groups excluding carboxylic acids is 1. The van der Waals surface area contributed by atoms with Gasteiger partial charge in [-0.05, 0) is 61.1 Å². The van der Waals surface area contributed by atoms with Gasteiger partial charge in [-0.1, -0.05) is 38.1 Å². The van der Waals surface area contributed by atoms with Crippen LogP contribution in [0, 0.1) is 17.8 Å². The van der Waals surface area contributed by atoms with Gasteiger partial charge < -0.3 is 14.4 Å². The third kappa shape index (κ3) is 7.72. The number of nitrogens with zero attached hydrogens (tertiary/aromatic N) is 1. The second-order valence-electron chi connectivity index (χ2n) is 10.1. The summed E-state index contributed by atoms with van der Waals surface area (Å²) in [5.41, 5.74) is 1.56. The minimum absolute atomic E-state index is 0.0655. The Morgan fingerprint density at radius 3 is 2.11 bits per heavy atom. The molecule has 192 valence electrons. The Kier molecular flexibility index (Phi) is 9.22. The highest BCUT2D eigenvalue weighted by molar-refractivity contribution is 5.83. The number of ether oxygens (including phenoxy) is 2. The van der Waals surface area contributed by atoms with Crippen molar-refractivity contribution in [2.24, 2.45) is 17.8 Å². The summed E-state index contributed by atoms with van der Waals surface area (Å²) in [6, 6.07) is 13.0. The van der Waals surface area contributed by atoms with Crippen LogP contribution in [-0.2, 0) is 22.1 Å². The van der Waals surface area contributed by atoms with E-state index in [-0.39, 0.29) is 23.7 Å². The van der Waals surface area contributed by atoms with Gasteiger partial charge in [0.2, 0.25) is 5.91 Å². The van der Waals surface area contributed by atoms with Gasteiger partial charge in [0.15, 0.2) is 0 Å². The van der Waals surface area contributed by atoms with Crippen molar-refractivity contribution in [3.05, 3.63) is 65.2 Å². The third-order valence-corrected chi connectivity index (χ3v) is 6.50. The molecule has 2 unspecified atom stereocenters. The summed E-state index contributed by atoms with van der Waals surface area (Å²) < 4.78 is 49.6. The number of hydrogen-bond donors (Lipinski definition) is 0. The zero-order valence-electron chi connectivity index (χ0n) is 21.0. The largest absolute Gasteiger partial charge is 0.493 e. The lowest BCUT2D eigenvalue weighted by molar-refractivity contribution is -0.137. The van der Waals surface area contributed by atoms with Crippen LogP contribution in [-0.4, -0.2) is 44.2 Å². The number of likely N-dealkylation sites (tertiary alicyclic amines) is 1. The predicted octanol–water partition coefficient (Wildman–Crippen LogP) is 6.20. The van der Waals surface area contributed by atoms with Gasteiger partial charge in [-0.2, -0.15) is 13.2 Å². The molecule has 0 radical (unpaired) electrons. The highest BCUT2D eigenvalue weighted by Gasteiger charge is 2.33. The molecule has 1 aliphatic heterocycles. The van der Waals surface area contributed by atoms with Crippen molar-refractivity contribution in [3.63, 3.8) is 0 Å². The Bertz CT molecular complexity index is 941. The molecule has 3 atom stereocenters. The van der Waals surface area contributed by atoms with Crippen molar-refractivity contribution in [2.75, 3.05) is 33.4 Å². The van der Waals surface area contributed by atoms with E-state index in [1.807, 2.05) is 24.0 Å². The number of amides is 1. The fourth-order valence-electron chi connectivity index (χ4n) is 4.76. The van der Waals surface area contributed by atoms with Crippen LogP contribution in [0.1, 0.15) is 49.8 Å². The molecule has 0 N–H and O–H groups in total. The lowest BCUT2D eigenvalue weighted by Gasteiger charge is -2.38. The van der Waals surface area contributed by atoms with Crippen LogP contribution >= 0.6 is 0 Å². The maximum absolute atomic E-state index is 13.4.